The van der Waals surface area contributed by atoms with E-state index in [1.807, 2.05) is 0 Å². The van der Waals surface area contributed by atoms with Gasteiger partial charge >= 0.3 is 0 Å². The van der Waals surface area contributed by atoms with Crippen molar-refractivity contribution in [2.75, 3.05) is 0 Å². The lowest BCUT2D eigenvalue weighted by atomic mass is 10.3. The van der Waals surface area contributed by atoms with Crippen LogP contribution < -0.4 is 0 Å². The third-order valence-corrected chi connectivity index (χ3v) is 2.14. The van der Waals surface area contributed by atoms with Crippen LogP contribution in [0, 0.1) is 0 Å². The zero-order chi connectivity index (χ0) is 11.0. The number of aromatic nitrogens is 3. The normalized spacial score (nSPS) is 16.1. The van der Waals surface area contributed by atoms with Crippen LogP contribution in [-0.4, -0.2) is 31.5 Å². The summed E-state index contributed by atoms with van der Waals surface area (Å²) < 4.78 is 1.53. The number of nitrogens with zero attached hydrogens (tertiary/aromatic N) is 4. The second-order valence-corrected chi connectivity index (χ2v) is 3.39. The Morgan fingerprint density at radius 2 is 2.13 bits per heavy atom. The second-order valence-electron chi connectivity index (χ2n) is 3.39. The number of carbonyl (C=O) groups is 2. The van der Waals surface area contributed by atoms with E-state index >= 15 is 0 Å². The molecule has 0 atom stereocenters. The standard InChI is InChI=1S/C9H10N4O2/c1-6-3-8(14)13(9(6)15)4-7-10-5-12(2)11-7/h3,5H,4H2,1-2H3. The highest BCUT2D eigenvalue weighted by Gasteiger charge is 2.29. The van der Waals surface area contributed by atoms with Crippen molar-refractivity contribution < 1.29 is 9.59 Å². The Labute approximate surface area is 86.2 Å². The molecule has 0 N–H and O–H groups in total. The molecule has 6 nitrogen and oxygen atoms in total. The van der Waals surface area contributed by atoms with Gasteiger partial charge in [-0.25, -0.2) is 4.98 Å². The number of aryl methyl sites for hydroxylation is 1. The smallest absolute Gasteiger partial charge is 0.256 e. The van der Waals surface area contributed by atoms with E-state index < -0.39 is 0 Å². The van der Waals surface area contributed by atoms with Crippen LogP contribution in [0.4, 0.5) is 0 Å². The van der Waals surface area contributed by atoms with Gasteiger partial charge in [0.2, 0.25) is 0 Å². The topological polar surface area (TPSA) is 68.1 Å². The fourth-order valence-corrected chi connectivity index (χ4v) is 1.39. The number of rotatable bonds is 2. The zero-order valence-electron chi connectivity index (χ0n) is 8.47. The maximum atomic E-state index is 11.5. The predicted octanol–water partition coefficient (Wildman–Crippen LogP) is -0.370. The highest BCUT2D eigenvalue weighted by atomic mass is 16.2. The molecule has 0 aliphatic carbocycles. The van der Waals surface area contributed by atoms with E-state index in [9.17, 15) is 9.59 Å². The molecule has 1 aromatic heterocycles. The minimum atomic E-state index is -0.301. The van der Waals surface area contributed by atoms with Crippen LogP contribution in [0.25, 0.3) is 0 Å². The fraction of sp³-hybridized carbons (Fsp3) is 0.333. The minimum Gasteiger partial charge on any atom is -0.269 e. The Morgan fingerprint density at radius 3 is 2.60 bits per heavy atom. The highest BCUT2D eigenvalue weighted by molar-refractivity contribution is 6.15. The van der Waals surface area contributed by atoms with Gasteiger partial charge in [-0.1, -0.05) is 0 Å². The first-order valence-electron chi connectivity index (χ1n) is 4.46. The van der Waals surface area contributed by atoms with Crippen LogP contribution in [0.2, 0.25) is 0 Å². The number of imide groups is 1. The summed E-state index contributed by atoms with van der Waals surface area (Å²) in [6.07, 6.45) is 2.85. The summed E-state index contributed by atoms with van der Waals surface area (Å²) in [6.45, 7) is 1.75. The molecular formula is C9H10N4O2. The van der Waals surface area contributed by atoms with E-state index in [0.29, 0.717) is 11.4 Å². The molecule has 2 heterocycles. The summed E-state index contributed by atoms with van der Waals surface area (Å²) >= 11 is 0. The van der Waals surface area contributed by atoms with Crippen molar-refractivity contribution >= 4 is 11.8 Å². The summed E-state index contributed by atoms with van der Waals surface area (Å²) in [5.74, 6) is -0.111. The van der Waals surface area contributed by atoms with Crippen LogP contribution in [0.5, 0.6) is 0 Å². The zero-order valence-corrected chi connectivity index (χ0v) is 8.47. The lowest BCUT2D eigenvalue weighted by Crippen LogP contribution is -2.30. The molecule has 1 aliphatic rings. The molecule has 0 saturated carbocycles. The largest absolute Gasteiger partial charge is 0.269 e. The number of amides is 2. The molecule has 0 radical (unpaired) electrons. The average Bonchev–Trinajstić information content (AvgIpc) is 2.67. The van der Waals surface area contributed by atoms with Crippen molar-refractivity contribution in [3.63, 3.8) is 0 Å². The highest BCUT2D eigenvalue weighted by Crippen LogP contribution is 2.13. The van der Waals surface area contributed by atoms with E-state index in [-0.39, 0.29) is 18.4 Å². The summed E-state index contributed by atoms with van der Waals surface area (Å²) in [6, 6.07) is 0. The van der Waals surface area contributed by atoms with E-state index in [1.54, 1.807) is 14.0 Å². The molecule has 0 fully saturated rings. The first-order valence-corrected chi connectivity index (χ1v) is 4.46. The molecule has 2 amide bonds. The molecule has 0 aromatic carbocycles. The summed E-state index contributed by atoms with van der Waals surface area (Å²) in [4.78, 5) is 28.0. The van der Waals surface area contributed by atoms with Crippen molar-refractivity contribution in [1.82, 2.24) is 19.7 Å². The van der Waals surface area contributed by atoms with Gasteiger partial charge in [0.05, 0.1) is 6.54 Å². The SMILES string of the molecule is CC1=CC(=O)N(Cc2ncn(C)n2)C1=O. The molecule has 2 rings (SSSR count). The second kappa shape index (κ2) is 3.30. The number of hydrogen-bond acceptors (Lipinski definition) is 4. The van der Waals surface area contributed by atoms with Crippen molar-refractivity contribution in [2.24, 2.45) is 7.05 Å². The molecule has 0 unspecified atom stereocenters. The molecule has 0 bridgehead atoms. The predicted molar refractivity (Wildman–Crippen MR) is 50.3 cm³/mol. The van der Waals surface area contributed by atoms with Gasteiger partial charge < -0.3 is 0 Å². The van der Waals surface area contributed by atoms with Gasteiger partial charge in [-0.2, -0.15) is 5.10 Å². The van der Waals surface area contributed by atoms with Gasteiger partial charge in [0, 0.05) is 18.7 Å². The van der Waals surface area contributed by atoms with Gasteiger partial charge in [0.25, 0.3) is 11.8 Å². The minimum absolute atomic E-state index is 0.131. The Kier molecular flexibility index (Phi) is 2.11. The van der Waals surface area contributed by atoms with Gasteiger partial charge in [-0.3, -0.25) is 19.2 Å². The lowest BCUT2D eigenvalue weighted by Gasteiger charge is -2.11. The molecule has 78 valence electrons. The molecule has 1 aromatic rings. The summed E-state index contributed by atoms with van der Waals surface area (Å²) in [5.41, 5.74) is 0.455. The van der Waals surface area contributed by atoms with Crippen LogP contribution in [0.15, 0.2) is 18.0 Å². The Morgan fingerprint density at radius 1 is 1.40 bits per heavy atom. The van der Waals surface area contributed by atoms with Crippen molar-refractivity contribution in [3.8, 4) is 0 Å². The summed E-state index contributed by atoms with van der Waals surface area (Å²) in [5, 5.41) is 4.00. The maximum absolute atomic E-state index is 11.5. The van der Waals surface area contributed by atoms with Gasteiger partial charge in [0.1, 0.15) is 6.33 Å². The third-order valence-electron chi connectivity index (χ3n) is 2.14. The maximum Gasteiger partial charge on any atom is 0.256 e. The Balaban J connectivity index is 2.15. The van der Waals surface area contributed by atoms with Crippen LogP contribution in [-0.2, 0) is 23.2 Å². The molecule has 0 saturated heterocycles. The summed E-state index contributed by atoms with van der Waals surface area (Å²) in [7, 11) is 1.73. The van der Waals surface area contributed by atoms with Crippen LogP contribution in [0.3, 0.4) is 0 Å². The number of carbonyl (C=O) groups excluding carboxylic acids is 2. The molecule has 0 spiro atoms. The van der Waals surface area contributed by atoms with Gasteiger partial charge in [-0.15, -0.1) is 0 Å². The average molecular weight is 206 g/mol. The van der Waals surface area contributed by atoms with E-state index in [0.717, 1.165) is 4.90 Å². The Bertz CT molecular complexity index is 460. The molecule has 1 aliphatic heterocycles. The first-order chi connectivity index (χ1) is 7.08. The van der Waals surface area contributed by atoms with Crippen LogP contribution in [0.1, 0.15) is 12.7 Å². The monoisotopic (exact) mass is 206 g/mol. The Hall–Kier alpha value is -1.98. The van der Waals surface area contributed by atoms with Crippen molar-refractivity contribution in [2.45, 2.75) is 13.5 Å². The van der Waals surface area contributed by atoms with Gasteiger partial charge in [0.15, 0.2) is 5.82 Å². The lowest BCUT2D eigenvalue weighted by molar-refractivity contribution is -0.138. The molecule has 15 heavy (non-hydrogen) atoms. The molecule has 6 heteroatoms. The fourth-order valence-electron chi connectivity index (χ4n) is 1.39. The van der Waals surface area contributed by atoms with Crippen molar-refractivity contribution in [1.29, 1.82) is 0 Å². The number of hydrogen-bond donors (Lipinski definition) is 0. The first kappa shape index (κ1) is 9.57. The quantitative estimate of drug-likeness (QED) is 0.619. The molecular weight excluding hydrogens is 196 g/mol. The van der Waals surface area contributed by atoms with E-state index in [2.05, 4.69) is 10.1 Å². The van der Waals surface area contributed by atoms with Crippen LogP contribution >= 0.6 is 0 Å². The van der Waals surface area contributed by atoms with E-state index in [1.165, 1.54) is 17.1 Å². The van der Waals surface area contributed by atoms with E-state index in [4.69, 9.17) is 0 Å². The third kappa shape index (κ3) is 1.65. The van der Waals surface area contributed by atoms with Crippen molar-refractivity contribution in [3.05, 3.63) is 23.8 Å². The van der Waals surface area contributed by atoms with Gasteiger partial charge in [-0.05, 0) is 6.92 Å².